The van der Waals surface area contributed by atoms with Crippen LogP contribution in [-0.4, -0.2) is 25.0 Å². The molecule has 0 atom stereocenters. The third-order valence-corrected chi connectivity index (χ3v) is 3.57. The molecule has 5 heteroatoms. The van der Waals surface area contributed by atoms with Crippen LogP contribution in [0.2, 0.25) is 0 Å². The third-order valence-electron chi connectivity index (χ3n) is 3.57. The van der Waals surface area contributed by atoms with E-state index in [-0.39, 0.29) is 31.4 Å². The van der Waals surface area contributed by atoms with E-state index in [0.29, 0.717) is 17.2 Å². The molecule has 0 saturated heterocycles. The van der Waals surface area contributed by atoms with Gasteiger partial charge < -0.3 is 14.4 Å². The Kier molecular flexibility index (Phi) is 4.28. The number of anilines is 1. The molecular formula is C18H17NO4. The number of rotatable bonds is 4. The Morgan fingerprint density at radius 3 is 2.87 bits per heavy atom. The number of hydrogen-bond acceptors (Lipinski definition) is 4. The molecule has 3 rings (SSSR count). The lowest BCUT2D eigenvalue weighted by Gasteiger charge is -2.28. The van der Waals surface area contributed by atoms with Gasteiger partial charge in [-0.15, -0.1) is 0 Å². The number of aryl methyl sites for hydroxylation is 1. The van der Waals surface area contributed by atoms with Crippen molar-refractivity contribution >= 4 is 17.6 Å². The number of ether oxygens (including phenoxy) is 2. The molecule has 5 nitrogen and oxygen atoms in total. The predicted molar refractivity (Wildman–Crippen MR) is 85.7 cm³/mol. The highest BCUT2D eigenvalue weighted by atomic mass is 16.5. The molecule has 0 bridgehead atoms. The lowest BCUT2D eigenvalue weighted by Crippen LogP contribution is -2.40. The molecule has 0 aliphatic carbocycles. The molecule has 1 aliphatic rings. The molecule has 0 radical (unpaired) electrons. The van der Waals surface area contributed by atoms with Crippen molar-refractivity contribution in [3.05, 3.63) is 54.1 Å². The van der Waals surface area contributed by atoms with E-state index in [1.807, 2.05) is 31.2 Å². The maximum absolute atomic E-state index is 12.0. The molecule has 0 N–H and O–H groups in total. The average Bonchev–Trinajstić information content (AvgIpc) is 2.54. The zero-order chi connectivity index (χ0) is 16.2. The second kappa shape index (κ2) is 6.52. The Bertz CT molecular complexity index is 741. The van der Waals surface area contributed by atoms with E-state index in [4.69, 9.17) is 9.47 Å². The zero-order valence-electron chi connectivity index (χ0n) is 12.8. The van der Waals surface area contributed by atoms with Crippen LogP contribution in [0.1, 0.15) is 12.0 Å². The third kappa shape index (κ3) is 3.51. The Morgan fingerprint density at radius 1 is 1.22 bits per heavy atom. The minimum absolute atomic E-state index is 0.00998. The molecule has 1 aliphatic heterocycles. The van der Waals surface area contributed by atoms with E-state index in [1.165, 1.54) is 0 Å². The SMILES string of the molecule is Cc1cccc(OC(=O)CCN2C(=O)COc3ccccc32)c1. The topological polar surface area (TPSA) is 55.8 Å². The van der Waals surface area contributed by atoms with Gasteiger partial charge in [0.25, 0.3) is 5.91 Å². The van der Waals surface area contributed by atoms with Crippen molar-refractivity contribution in [3.8, 4) is 11.5 Å². The normalized spacial score (nSPS) is 13.3. The molecule has 1 heterocycles. The number of hydrogen-bond donors (Lipinski definition) is 0. The average molecular weight is 311 g/mol. The van der Waals surface area contributed by atoms with Crippen molar-refractivity contribution in [1.82, 2.24) is 0 Å². The summed E-state index contributed by atoms with van der Waals surface area (Å²) >= 11 is 0. The van der Waals surface area contributed by atoms with Gasteiger partial charge in [-0.25, -0.2) is 0 Å². The maximum Gasteiger partial charge on any atom is 0.312 e. The van der Waals surface area contributed by atoms with Gasteiger partial charge in [-0.1, -0.05) is 24.3 Å². The molecule has 0 unspecified atom stereocenters. The second-order valence-electron chi connectivity index (χ2n) is 5.34. The van der Waals surface area contributed by atoms with Gasteiger partial charge in [0.2, 0.25) is 0 Å². The van der Waals surface area contributed by atoms with Crippen molar-refractivity contribution < 1.29 is 19.1 Å². The first kappa shape index (κ1) is 15.1. The fraction of sp³-hybridized carbons (Fsp3) is 0.222. The summed E-state index contributed by atoms with van der Waals surface area (Å²) in [6.07, 6.45) is 0.119. The zero-order valence-corrected chi connectivity index (χ0v) is 12.8. The van der Waals surface area contributed by atoms with Crippen LogP contribution in [0.5, 0.6) is 11.5 Å². The number of benzene rings is 2. The largest absolute Gasteiger partial charge is 0.482 e. The summed E-state index contributed by atoms with van der Waals surface area (Å²) in [6.45, 7) is 2.19. The van der Waals surface area contributed by atoms with Crippen LogP contribution in [0.15, 0.2) is 48.5 Å². The van der Waals surface area contributed by atoms with Crippen LogP contribution in [0.4, 0.5) is 5.69 Å². The number of carbonyl (C=O) groups excluding carboxylic acids is 2. The van der Waals surface area contributed by atoms with Crippen molar-refractivity contribution in [2.75, 3.05) is 18.1 Å². The van der Waals surface area contributed by atoms with E-state index in [1.54, 1.807) is 29.2 Å². The monoisotopic (exact) mass is 311 g/mol. The Balaban J connectivity index is 1.64. The molecule has 0 spiro atoms. The predicted octanol–water partition coefficient (Wildman–Crippen LogP) is 2.72. The fourth-order valence-electron chi connectivity index (χ4n) is 2.46. The molecular weight excluding hydrogens is 294 g/mol. The van der Waals surface area contributed by atoms with Crippen molar-refractivity contribution in [2.24, 2.45) is 0 Å². The van der Waals surface area contributed by atoms with Crippen LogP contribution in [-0.2, 0) is 9.59 Å². The van der Waals surface area contributed by atoms with Gasteiger partial charge in [-0.2, -0.15) is 0 Å². The fourth-order valence-corrected chi connectivity index (χ4v) is 2.46. The summed E-state index contributed by atoms with van der Waals surface area (Å²) < 4.78 is 10.7. The number of fused-ring (bicyclic) bond motifs is 1. The number of carbonyl (C=O) groups is 2. The van der Waals surface area contributed by atoms with E-state index < -0.39 is 0 Å². The second-order valence-corrected chi connectivity index (χ2v) is 5.34. The van der Waals surface area contributed by atoms with Crippen LogP contribution in [0, 0.1) is 6.92 Å². The number of nitrogens with zero attached hydrogens (tertiary/aromatic N) is 1. The minimum atomic E-state index is -0.368. The lowest BCUT2D eigenvalue weighted by atomic mass is 10.2. The highest BCUT2D eigenvalue weighted by molar-refractivity contribution is 5.98. The Labute approximate surface area is 134 Å². The first-order valence-electron chi connectivity index (χ1n) is 7.43. The summed E-state index contributed by atoms with van der Waals surface area (Å²) in [5, 5.41) is 0. The summed E-state index contributed by atoms with van der Waals surface area (Å²) in [4.78, 5) is 25.6. The Morgan fingerprint density at radius 2 is 2.04 bits per heavy atom. The minimum Gasteiger partial charge on any atom is -0.482 e. The molecule has 2 aromatic carbocycles. The molecule has 0 aromatic heterocycles. The van der Waals surface area contributed by atoms with Gasteiger partial charge in [0.1, 0.15) is 11.5 Å². The molecule has 2 aromatic rings. The quantitative estimate of drug-likeness (QED) is 0.643. The van der Waals surface area contributed by atoms with Crippen molar-refractivity contribution in [3.63, 3.8) is 0 Å². The van der Waals surface area contributed by atoms with Crippen molar-refractivity contribution in [2.45, 2.75) is 13.3 Å². The summed E-state index contributed by atoms with van der Waals surface area (Å²) in [6, 6.07) is 14.6. The van der Waals surface area contributed by atoms with Gasteiger partial charge in [0.15, 0.2) is 6.61 Å². The molecule has 118 valence electrons. The Hall–Kier alpha value is -2.82. The van der Waals surface area contributed by atoms with Gasteiger partial charge in [-0.05, 0) is 36.8 Å². The summed E-state index contributed by atoms with van der Waals surface area (Å²) in [5.74, 6) is 0.641. The van der Waals surface area contributed by atoms with E-state index in [9.17, 15) is 9.59 Å². The molecule has 23 heavy (non-hydrogen) atoms. The maximum atomic E-state index is 12.0. The van der Waals surface area contributed by atoms with Crippen molar-refractivity contribution in [1.29, 1.82) is 0 Å². The molecule has 1 amide bonds. The first-order valence-corrected chi connectivity index (χ1v) is 7.43. The summed E-state index contributed by atoms with van der Waals surface area (Å²) in [7, 11) is 0. The van der Waals surface area contributed by atoms with Crippen LogP contribution in [0.25, 0.3) is 0 Å². The molecule has 0 saturated carbocycles. The number of amides is 1. The van der Waals surface area contributed by atoms with E-state index in [0.717, 1.165) is 5.56 Å². The standard InChI is InChI=1S/C18H17NO4/c1-13-5-4-6-14(11-13)23-18(21)9-10-19-15-7-2-3-8-16(15)22-12-17(19)20/h2-8,11H,9-10,12H2,1H3. The first-order chi connectivity index (χ1) is 11.1. The highest BCUT2D eigenvalue weighted by Gasteiger charge is 2.25. The van der Waals surface area contributed by atoms with Crippen LogP contribution in [0.3, 0.4) is 0 Å². The van der Waals surface area contributed by atoms with Gasteiger partial charge in [-0.3, -0.25) is 9.59 Å². The lowest BCUT2D eigenvalue weighted by molar-refractivity contribution is -0.134. The van der Waals surface area contributed by atoms with Gasteiger partial charge >= 0.3 is 5.97 Å². The van der Waals surface area contributed by atoms with E-state index in [2.05, 4.69) is 0 Å². The number of esters is 1. The van der Waals surface area contributed by atoms with E-state index >= 15 is 0 Å². The van der Waals surface area contributed by atoms with Gasteiger partial charge in [0, 0.05) is 6.54 Å². The number of para-hydroxylation sites is 2. The van der Waals surface area contributed by atoms with Gasteiger partial charge in [0.05, 0.1) is 12.1 Å². The molecule has 0 fully saturated rings. The summed E-state index contributed by atoms with van der Waals surface area (Å²) in [5.41, 5.74) is 1.71. The smallest absolute Gasteiger partial charge is 0.312 e. The highest BCUT2D eigenvalue weighted by Crippen LogP contribution is 2.31. The van der Waals surface area contributed by atoms with Crippen LogP contribution < -0.4 is 14.4 Å². The van der Waals surface area contributed by atoms with Crippen LogP contribution >= 0.6 is 0 Å².